The zero-order valence-corrected chi connectivity index (χ0v) is 15.5. The van der Waals surface area contributed by atoms with Gasteiger partial charge in [-0.25, -0.2) is 9.18 Å². The SMILES string of the molecule is O=C(NC1CCCC1)c1noc2c1CN(C(=O)NCc1ccc(F)cc1)CC2. The molecule has 0 unspecified atom stereocenters. The van der Waals surface area contributed by atoms with Gasteiger partial charge in [0.25, 0.3) is 5.91 Å². The molecule has 1 fully saturated rings. The first-order valence-corrected chi connectivity index (χ1v) is 9.65. The lowest BCUT2D eigenvalue weighted by molar-refractivity contribution is 0.0927. The van der Waals surface area contributed by atoms with E-state index in [1.165, 1.54) is 12.1 Å². The summed E-state index contributed by atoms with van der Waals surface area (Å²) in [6, 6.07) is 5.95. The molecule has 1 aromatic heterocycles. The molecule has 0 bridgehead atoms. The number of benzene rings is 1. The van der Waals surface area contributed by atoms with Crippen molar-refractivity contribution in [3.8, 4) is 0 Å². The number of hydrogen-bond acceptors (Lipinski definition) is 4. The van der Waals surface area contributed by atoms with Gasteiger partial charge in [0, 0.05) is 31.1 Å². The molecule has 0 radical (unpaired) electrons. The molecule has 148 valence electrons. The Hall–Kier alpha value is -2.90. The van der Waals surface area contributed by atoms with Gasteiger partial charge in [-0.15, -0.1) is 0 Å². The summed E-state index contributed by atoms with van der Waals surface area (Å²) in [7, 11) is 0. The molecule has 1 saturated carbocycles. The zero-order chi connectivity index (χ0) is 19.5. The monoisotopic (exact) mass is 386 g/mol. The van der Waals surface area contributed by atoms with Crippen molar-refractivity contribution in [2.75, 3.05) is 6.54 Å². The van der Waals surface area contributed by atoms with Gasteiger partial charge >= 0.3 is 6.03 Å². The number of carbonyl (C=O) groups excluding carboxylic acids is 2. The number of fused-ring (bicyclic) bond motifs is 1. The summed E-state index contributed by atoms with van der Waals surface area (Å²) in [6.07, 6.45) is 4.75. The fourth-order valence-electron chi connectivity index (χ4n) is 3.78. The third-order valence-electron chi connectivity index (χ3n) is 5.38. The Morgan fingerprint density at radius 2 is 1.96 bits per heavy atom. The lowest BCUT2D eigenvalue weighted by atomic mass is 10.1. The number of rotatable bonds is 4. The molecule has 1 aliphatic heterocycles. The van der Waals surface area contributed by atoms with E-state index in [1.54, 1.807) is 17.0 Å². The van der Waals surface area contributed by atoms with Crippen molar-refractivity contribution in [3.05, 3.63) is 52.7 Å². The molecule has 1 aliphatic carbocycles. The zero-order valence-electron chi connectivity index (χ0n) is 15.5. The Morgan fingerprint density at radius 1 is 1.21 bits per heavy atom. The van der Waals surface area contributed by atoms with Crippen molar-refractivity contribution >= 4 is 11.9 Å². The summed E-state index contributed by atoms with van der Waals surface area (Å²) in [5, 5.41) is 9.80. The maximum absolute atomic E-state index is 13.0. The highest BCUT2D eigenvalue weighted by molar-refractivity contribution is 5.94. The maximum atomic E-state index is 13.0. The summed E-state index contributed by atoms with van der Waals surface area (Å²) in [4.78, 5) is 26.7. The largest absolute Gasteiger partial charge is 0.360 e. The van der Waals surface area contributed by atoms with E-state index in [9.17, 15) is 14.0 Å². The third-order valence-corrected chi connectivity index (χ3v) is 5.38. The molecule has 1 aromatic carbocycles. The number of amides is 3. The van der Waals surface area contributed by atoms with Crippen molar-refractivity contribution in [1.82, 2.24) is 20.7 Å². The molecule has 4 rings (SSSR count). The van der Waals surface area contributed by atoms with Gasteiger partial charge in [0.15, 0.2) is 5.69 Å². The van der Waals surface area contributed by atoms with E-state index in [-0.39, 0.29) is 36.0 Å². The normalized spacial score (nSPS) is 16.7. The van der Waals surface area contributed by atoms with E-state index in [2.05, 4.69) is 15.8 Å². The van der Waals surface area contributed by atoms with Crippen LogP contribution in [0, 0.1) is 5.82 Å². The summed E-state index contributed by atoms with van der Waals surface area (Å²) in [5.41, 5.74) is 1.77. The first kappa shape index (κ1) is 18.5. The molecule has 2 heterocycles. The Morgan fingerprint density at radius 3 is 2.71 bits per heavy atom. The second-order valence-electron chi connectivity index (χ2n) is 7.34. The van der Waals surface area contributed by atoms with Crippen molar-refractivity contribution in [2.45, 2.75) is 51.2 Å². The summed E-state index contributed by atoms with van der Waals surface area (Å²) >= 11 is 0. The van der Waals surface area contributed by atoms with Gasteiger partial charge in [-0.05, 0) is 30.5 Å². The second kappa shape index (κ2) is 8.00. The molecule has 8 heteroatoms. The number of nitrogens with zero attached hydrogens (tertiary/aromatic N) is 2. The smallest absolute Gasteiger partial charge is 0.317 e. The van der Waals surface area contributed by atoms with Crippen LogP contribution >= 0.6 is 0 Å². The molecule has 0 atom stereocenters. The van der Waals surface area contributed by atoms with Crippen molar-refractivity contribution in [1.29, 1.82) is 0 Å². The van der Waals surface area contributed by atoms with Gasteiger partial charge in [0.05, 0.1) is 6.54 Å². The molecular formula is C20H23FN4O3. The van der Waals surface area contributed by atoms with Crippen LogP contribution in [0.4, 0.5) is 9.18 Å². The number of aromatic nitrogens is 1. The predicted octanol–water partition coefficient (Wildman–Crippen LogP) is 2.75. The first-order chi connectivity index (χ1) is 13.6. The van der Waals surface area contributed by atoms with Crippen molar-refractivity contribution < 1.29 is 18.5 Å². The molecule has 2 N–H and O–H groups in total. The number of hydrogen-bond donors (Lipinski definition) is 2. The first-order valence-electron chi connectivity index (χ1n) is 9.65. The second-order valence-corrected chi connectivity index (χ2v) is 7.34. The topological polar surface area (TPSA) is 87.5 Å². The number of nitrogens with one attached hydrogen (secondary N) is 2. The van der Waals surface area contributed by atoms with E-state index < -0.39 is 0 Å². The molecule has 0 spiro atoms. The van der Waals surface area contributed by atoms with E-state index in [0.29, 0.717) is 30.8 Å². The van der Waals surface area contributed by atoms with E-state index in [1.807, 2.05) is 0 Å². The summed E-state index contributed by atoms with van der Waals surface area (Å²) in [5.74, 6) is 0.124. The van der Waals surface area contributed by atoms with Crippen molar-refractivity contribution in [3.63, 3.8) is 0 Å². The molecule has 2 aliphatic rings. The lowest BCUT2D eigenvalue weighted by Crippen LogP contribution is -2.43. The Bertz CT molecular complexity index is 859. The lowest BCUT2D eigenvalue weighted by Gasteiger charge is -2.26. The molecule has 0 saturated heterocycles. The Balaban J connectivity index is 1.38. The van der Waals surface area contributed by atoms with Crippen LogP contribution in [0.5, 0.6) is 0 Å². The molecule has 3 amide bonds. The molecule has 2 aromatic rings. The highest BCUT2D eigenvalue weighted by atomic mass is 19.1. The average Bonchev–Trinajstić information content (AvgIpc) is 3.36. The Kier molecular flexibility index (Phi) is 5.27. The van der Waals surface area contributed by atoms with Crippen LogP contribution < -0.4 is 10.6 Å². The van der Waals surface area contributed by atoms with Crippen LogP contribution in [-0.4, -0.2) is 34.6 Å². The van der Waals surface area contributed by atoms with Gasteiger partial charge in [0.2, 0.25) is 0 Å². The van der Waals surface area contributed by atoms with Gasteiger partial charge < -0.3 is 20.1 Å². The van der Waals surface area contributed by atoms with Crippen LogP contribution in [0.2, 0.25) is 0 Å². The third kappa shape index (κ3) is 4.00. The highest BCUT2D eigenvalue weighted by Gasteiger charge is 2.30. The highest BCUT2D eigenvalue weighted by Crippen LogP contribution is 2.24. The minimum atomic E-state index is -0.311. The van der Waals surface area contributed by atoms with Crippen LogP contribution in [0.15, 0.2) is 28.8 Å². The maximum Gasteiger partial charge on any atom is 0.317 e. The summed E-state index contributed by atoms with van der Waals surface area (Å²) < 4.78 is 18.3. The molecule has 7 nitrogen and oxygen atoms in total. The minimum absolute atomic E-state index is 0.193. The molecular weight excluding hydrogens is 363 g/mol. The minimum Gasteiger partial charge on any atom is -0.360 e. The van der Waals surface area contributed by atoms with Crippen LogP contribution in [0.1, 0.15) is 53.1 Å². The van der Waals surface area contributed by atoms with Crippen LogP contribution in [0.3, 0.4) is 0 Å². The van der Waals surface area contributed by atoms with Crippen molar-refractivity contribution in [2.24, 2.45) is 0 Å². The summed E-state index contributed by atoms with van der Waals surface area (Å²) in [6.45, 7) is 1.07. The van der Waals surface area contributed by atoms with Gasteiger partial charge in [0.1, 0.15) is 11.6 Å². The standard InChI is InChI=1S/C20H23FN4O3/c21-14-7-5-13(6-8-14)11-22-20(27)25-10-9-17-16(12-25)18(24-28-17)19(26)23-15-3-1-2-4-15/h5-8,15H,1-4,9-12H2,(H,22,27)(H,23,26). The van der Waals surface area contributed by atoms with Gasteiger partial charge in [-0.3, -0.25) is 4.79 Å². The van der Waals surface area contributed by atoms with Crippen LogP contribution in [-0.2, 0) is 19.5 Å². The van der Waals surface area contributed by atoms with E-state index in [0.717, 1.165) is 31.2 Å². The number of urea groups is 1. The fourth-order valence-corrected chi connectivity index (χ4v) is 3.78. The van der Waals surface area contributed by atoms with Gasteiger partial charge in [-0.1, -0.05) is 30.1 Å². The van der Waals surface area contributed by atoms with E-state index in [4.69, 9.17) is 4.52 Å². The van der Waals surface area contributed by atoms with Gasteiger partial charge in [-0.2, -0.15) is 0 Å². The Labute approximate surface area is 162 Å². The van der Waals surface area contributed by atoms with E-state index >= 15 is 0 Å². The quantitative estimate of drug-likeness (QED) is 0.846. The predicted molar refractivity (Wildman–Crippen MR) is 99.0 cm³/mol. The number of carbonyl (C=O) groups is 2. The van der Waals surface area contributed by atoms with Crippen LogP contribution in [0.25, 0.3) is 0 Å². The fraction of sp³-hybridized carbons (Fsp3) is 0.450. The average molecular weight is 386 g/mol. The number of halogens is 1. The molecule has 28 heavy (non-hydrogen) atoms.